The Kier molecular flexibility index (Phi) is 63.5. The molecule has 0 aromatic heterocycles. The summed E-state index contributed by atoms with van der Waals surface area (Å²) in [7, 11) is 0. The maximum atomic E-state index is 9.00. The van der Waals surface area contributed by atoms with Crippen LogP contribution in [-0.4, -0.2) is 83.6 Å². The van der Waals surface area contributed by atoms with Gasteiger partial charge < -0.3 is 31.9 Å². The quantitative estimate of drug-likeness (QED) is 0.215. The van der Waals surface area contributed by atoms with Gasteiger partial charge in [0.15, 0.2) is 0 Å². The third-order valence-corrected chi connectivity index (χ3v) is 0.167. The molecule has 0 aromatic rings. The first kappa shape index (κ1) is 36.7. The van der Waals surface area contributed by atoms with Gasteiger partial charge in [-0.3, -0.25) is 19.2 Å². The van der Waals surface area contributed by atoms with E-state index in [1.165, 1.54) is 0 Å². The molecule has 0 rings (SSSR count). The van der Waals surface area contributed by atoms with Crippen molar-refractivity contribution in [1.29, 1.82) is 0 Å². The van der Waals surface area contributed by atoms with Gasteiger partial charge >= 0.3 is 26.2 Å². The van der Waals surface area contributed by atoms with Crippen molar-refractivity contribution in [2.24, 2.45) is 11.5 Å². The Morgan fingerprint density at radius 1 is 0.619 bits per heavy atom. The second kappa shape index (κ2) is 36.3. The Labute approximate surface area is 142 Å². The summed E-state index contributed by atoms with van der Waals surface area (Å²) in [5.41, 5.74) is 9.81. The average molecular weight is 512 g/mol. The van der Waals surface area contributed by atoms with Gasteiger partial charge in [0, 0.05) is 40.8 Å². The molecule has 8 N–H and O–H groups in total. The third kappa shape index (κ3) is 51800. The van der Waals surface area contributed by atoms with E-state index in [1.54, 1.807) is 0 Å². The molecule has 10 nitrogen and oxygen atoms in total. The molecule has 0 saturated carbocycles. The number of hydrogen-bond donors (Lipinski definition) is 6. The van der Waals surface area contributed by atoms with Crippen LogP contribution in [-0.2, 0) is 19.2 Å². The summed E-state index contributed by atoms with van der Waals surface area (Å²) >= 11 is 0. The Morgan fingerprint density at radius 3 is 0.667 bits per heavy atom. The van der Waals surface area contributed by atoms with E-state index in [4.69, 9.17) is 51.1 Å². The molecule has 0 bridgehead atoms. The van der Waals surface area contributed by atoms with Crippen molar-refractivity contribution < 1.29 is 39.6 Å². The molecule has 0 saturated heterocycles. The van der Waals surface area contributed by atoms with Gasteiger partial charge in [-0.2, -0.15) is 0 Å². The molecule has 0 aromatic carbocycles. The normalized spacial score (nSPS) is 6.19. The van der Waals surface area contributed by atoms with Gasteiger partial charge in [-0.25, -0.2) is 0 Å². The minimum atomic E-state index is -0.833. The topological polar surface area (TPSA) is 201 Å². The summed E-state index contributed by atoms with van der Waals surface area (Å²) in [6.45, 7) is 5.53. The van der Waals surface area contributed by atoms with Gasteiger partial charge in [-0.15, -0.1) is 0 Å². The summed E-state index contributed by atoms with van der Waals surface area (Å²) in [4.78, 5) is 36.0. The summed E-state index contributed by atoms with van der Waals surface area (Å²) in [5, 5.41) is 29.7. The predicted molar refractivity (Wildman–Crippen MR) is 81.3 cm³/mol. The van der Waals surface area contributed by atoms with Gasteiger partial charge in [0.1, 0.15) is 0 Å². The number of nitrogens with two attached hydrogens (primary N) is 2. The van der Waals surface area contributed by atoms with Crippen LogP contribution in [0.3, 0.4) is 0 Å². The van der Waals surface area contributed by atoms with Crippen molar-refractivity contribution in [3.8, 4) is 0 Å². The molecule has 0 aliphatic heterocycles. The SMILES string of the molecule is CC(=O)O.CC(=O)O.CC(=O)O.CC(=O)O.NCCN.[BiH3]. The van der Waals surface area contributed by atoms with Crippen molar-refractivity contribution in [2.45, 2.75) is 27.7 Å². The van der Waals surface area contributed by atoms with Crippen molar-refractivity contribution >= 4 is 50.1 Å². The molecule has 0 heterocycles. The molecule has 0 spiro atoms. The molecule has 0 radical (unpaired) electrons. The van der Waals surface area contributed by atoms with Crippen LogP contribution in [0, 0.1) is 0 Å². The number of rotatable bonds is 1. The number of carboxylic acids is 4. The van der Waals surface area contributed by atoms with Crippen molar-refractivity contribution in [1.82, 2.24) is 0 Å². The maximum absolute atomic E-state index is 9.00. The van der Waals surface area contributed by atoms with Crippen LogP contribution < -0.4 is 11.5 Å². The first-order valence-corrected chi connectivity index (χ1v) is 5.03. The van der Waals surface area contributed by atoms with Crippen LogP contribution in [0.1, 0.15) is 27.7 Å². The molecule has 130 valence electrons. The fourth-order valence-electron chi connectivity index (χ4n) is 0. The molecule has 0 atom stereocenters. The zero-order valence-electron chi connectivity index (χ0n) is 12.7. The van der Waals surface area contributed by atoms with E-state index in [-0.39, 0.29) is 26.2 Å². The Hall–Kier alpha value is -1.32. The molecule has 0 unspecified atom stereocenters. The van der Waals surface area contributed by atoms with Gasteiger partial charge in [-0.1, -0.05) is 0 Å². The molecule has 11 heteroatoms. The second-order valence-corrected chi connectivity index (χ2v) is 2.65. The van der Waals surface area contributed by atoms with E-state index in [0.717, 1.165) is 27.7 Å². The molecule has 21 heavy (non-hydrogen) atoms. The summed E-state index contributed by atoms with van der Waals surface area (Å²) in [6, 6.07) is 0. The van der Waals surface area contributed by atoms with Crippen molar-refractivity contribution in [3.63, 3.8) is 0 Å². The third-order valence-electron chi connectivity index (χ3n) is 0.167. The van der Waals surface area contributed by atoms with Gasteiger partial charge in [0.25, 0.3) is 23.9 Å². The van der Waals surface area contributed by atoms with Crippen LogP contribution in [0.5, 0.6) is 0 Å². The first-order chi connectivity index (χ1) is 8.84. The van der Waals surface area contributed by atoms with Crippen LogP contribution >= 0.6 is 0 Å². The number of carbonyl (C=O) groups is 4. The zero-order valence-corrected chi connectivity index (χ0v) is 18.2. The molecular weight excluding hydrogens is 485 g/mol. The van der Waals surface area contributed by atoms with Gasteiger partial charge in [-0.05, 0) is 0 Å². The standard InChI is InChI=1S/C2H8N2.4C2H4O2.Bi.3H/c3-1-2-4;4*1-2(3)4;;;;/h1-4H2;4*1H3,(H,3,4);;;;. The fraction of sp³-hybridized carbons (Fsp3) is 0.600. The summed E-state index contributed by atoms with van der Waals surface area (Å²) < 4.78 is 0. The van der Waals surface area contributed by atoms with E-state index in [1.807, 2.05) is 0 Å². The minimum absolute atomic E-state index is 0. The van der Waals surface area contributed by atoms with Crippen LogP contribution in [0.2, 0.25) is 0 Å². The van der Waals surface area contributed by atoms with Crippen LogP contribution in [0.4, 0.5) is 0 Å². The van der Waals surface area contributed by atoms with Gasteiger partial charge in [0.05, 0.1) is 0 Å². The predicted octanol–water partition coefficient (Wildman–Crippen LogP) is -1.92. The second-order valence-electron chi connectivity index (χ2n) is 2.65. The van der Waals surface area contributed by atoms with Crippen LogP contribution in [0.15, 0.2) is 0 Å². The molecule has 0 fully saturated rings. The number of aliphatic carboxylic acids is 4. The Balaban J connectivity index is -0.0000000331. The van der Waals surface area contributed by atoms with Crippen LogP contribution in [0.25, 0.3) is 0 Å². The van der Waals surface area contributed by atoms with E-state index in [2.05, 4.69) is 0 Å². The fourth-order valence-corrected chi connectivity index (χ4v) is 0. The Morgan fingerprint density at radius 2 is 0.667 bits per heavy atom. The molecular formula is C10H27BiN2O8. The summed E-state index contributed by atoms with van der Waals surface area (Å²) in [5.74, 6) is -3.33. The van der Waals surface area contributed by atoms with Gasteiger partial charge in [0.2, 0.25) is 0 Å². The van der Waals surface area contributed by atoms with E-state index >= 15 is 0 Å². The number of carboxylic acid groups (broad SMARTS) is 4. The van der Waals surface area contributed by atoms with E-state index < -0.39 is 23.9 Å². The van der Waals surface area contributed by atoms with Crippen molar-refractivity contribution in [3.05, 3.63) is 0 Å². The average Bonchev–Trinajstić information content (AvgIpc) is 2.13. The molecule has 0 aliphatic carbocycles. The molecule has 0 aliphatic rings. The molecule has 0 amide bonds. The number of hydrogen-bond acceptors (Lipinski definition) is 6. The van der Waals surface area contributed by atoms with E-state index in [9.17, 15) is 0 Å². The zero-order chi connectivity index (χ0) is 17.7. The monoisotopic (exact) mass is 512 g/mol. The van der Waals surface area contributed by atoms with Crippen molar-refractivity contribution in [2.75, 3.05) is 13.1 Å². The summed E-state index contributed by atoms with van der Waals surface area (Å²) in [6.07, 6.45) is 0. The first-order valence-electron chi connectivity index (χ1n) is 5.03. The van der Waals surface area contributed by atoms with E-state index in [0.29, 0.717) is 13.1 Å². The Bertz CT molecular complexity index is 195.